The van der Waals surface area contributed by atoms with Gasteiger partial charge in [-0.2, -0.15) is 0 Å². The molecule has 1 amide bonds. The minimum atomic E-state index is 0.691. The van der Waals surface area contributed by atoms with E-state index in [4.69, 9.17) is 4.74 Å². The highest BCUT2D eigenvalue weighted by molar-refractivity contribution is 5.47. The summed E-state index contributed by atoms with van der Waals surface area (Å²) in [7, 11) is 1.79. The third-order valence-corrected chi connectivity index (χ3v) is 3.18. The monoisotopic (exact) mass is 293 g/mol. The number of aryl methyl sites for hydroxylation is 2. The van der Waals surface area contributed by atoms with Crippen LogP contribution in [0.1, 0.15) is 49.8 Å². The van der Waals surface area contributed by atoms with Crippen LogP contribution in [0, 0.1) is 13.8 Å². The van der Waals surface area contributed by atoms with Crippen LogP contribution in [0.2, 0.25) is 0 Å². The Morgan fingerprint density at radius 1 is 1.14 bits per heavy atom. The van der Waals surface area contributed by atoms with E-state index in [-0.39, 0.29) is 0 Å². The van der Waals surface area contributed by atoms with E-state index in [1.165, 1.54) is 36.0 Å². The Kier molecular flexibility index (Phi) is 11.6. The van der Waals surface area contributed by atoms with Crippen molar-refractivity contribution < 1.29 is 9.53 Å². The molecule has 21 heavy (non-hydrogen) atoms. The number of benzene rings is 1. The molecule has 2 rings (SSSR count). The summed E-state index contributed by atoms with van der Waals surface area (Å²) >= 11 is 0. The largest absolute Gasteiger partial charge is 0.381 e. The molecule has 1 heterocycles. The van der Waals surface area contributed by atoms with Crippen LogP contribution in [-0.4, -0.2) is 31.6 Å². The molecule has 0 aromatic heterocycles. The lowest BCUT2D eigenvalue weighted by molar-refractivity contribution is -0.117. The molecular formula is C18H31NO2. The van der Waals surface area contributed by atoms with Gasteiger partial charge in [-0.3, -0.25) is 4.79 Å². The predicted octanol–water partition coefficient (Wildman–Crippen LogP) is 4.10. The van der Waals surface area contributed by atoms with Crippen LogP contribution in [0.3, 0.4) is 0 Å². The lowest BCUT2D eigenvalue weighted by atomic mass is 10.1. The molecule has 1 aliphatic rings. The average Bonchev–Trinajstić information content (AvgIpc) is 2.55. The second-order valence-corrected chi connectivity index (χ2v) is 5.12. The normalized spacial score (nSPS) is 13.2. The first-order valence-electron chi connectivity index (χ1n) is 7.93. The van der Waals surface area contributed by atoms with Crippen LogP contribution in [0.4, 0.5) is 0 Å². The van der Waals surface area contributed by atoms with Gasteiger partial charge >= 0.3 is 0 Å². The Labute approximate surface area is 130 Å². The smallest absolute Gasteiger partial charge is 0.209 e. The van der Waals surface area contributed by atoms with E-state index in [0.717, 1.165) is 19.6 Å². The molecule has 0 atom stereocenters. The number of amides is 1. The van der Waals surface area contributed by atoms with E-state index in [1.54, 1.807) is 11.9 Å². The zero-order chi connectivity index (χ0) is 16.1. The summed E-state index contributed by atoms with van der Waals surface area (Å²) in [4.78, 5) is 12.1. The number of carbonyl (C=O) groups is 1. The van der Waals surface area contributed by atoms with E-state index in [1.807, 2.05) is 13.8 Å². The fourth-order valence-corrected chi connectivity index (χ4v) is 1.96. The van der Waals surface area contributed by atoms with Crippen molar-refractivity contribution in [1.82, 2.24) is 4.90 Å². The molecular weight excluding hydrogens is 262 g/mol. The van der Waals surface area contributed by atoms with Crippen molar-refractivity contribution in [2.75, 3.05) is 20.3 Å². The van der Waals surface area contributed by atoms with Gasteiger partial charge < -0.3 is 9.64 Å². The first-order chi connectivity index (χ1) is 10.1. The summed E-state index contributed by atoms with van der Waals surface area (Å²) in [6, 6.07) is 6.29. The van der Waals surface area contributed by atoms with E-state index in [0.29, 0.717) is 6.54 Å². The molecule has 0 bridgehead atoms. The number of rotatable bonds is 3. The van der Waals surface area contributed by atoms with Crippen LogP contribution < -0.4 is 0 Å². The summed E-state index contributed by atoms with van der Waals surface area (Å²) in [5.74, 6) is 0. The van der Waals surface area contributed by atoms with Gasteiger partial charge in [0.25, 0.3) is 0 Å². The van der Waals surface area contributed by atoms with Crippen molar-refractivity contribution in [2.45, 2.75) is 53.5 Å². The van der Waals surface area contributed by atoms with Crippen molar-refractivity contribution in [3.8, 4) is 0 Å². The highest BCUT2D eigenvalue weighted by atomic mass is 16.5. The second kappa shape index (κ2) is 12.4. The average molecular weight is 293 g/mol. The third-order valence-electron chi connectivity index (χ3n) is 3.18. The molecule has 1 saturated heterocycles. The SMILES string of the molecule is C1CCOCC1.CC.Cc1ccc(C)c(CN(C)C=O)c1. The van der Waals surface area contributed by atoms with Crippen LogP contribution in [-0.2, 0) is 16.1 Å². The maximum atomic E-state index is 10.4. The number of nitrogens with zero attached hydrogens (tertiary/aromatic N) is 1. The van der Waals surface area contributed by atoms with E-state index >= 15 is 0 Å². The van der Waals surface area contributed by atoms with Crippen molar-refractivity contribution in [1.29, 1.82) is 0 Å². The van der Waals surface area contributed by atoms with Crippen LogP contribution in [0.15, 0.2) is 18.2 Å². The van der Waals surface area contributed by atoms with Gasteiger partial charge in [0.05, 0.1) is 0 Å². The van der Waals surface area contributed by atoms with Gasteiger partial charge in [0, 0.05) is 26.8 Å². The van der Waals surface area contributed by atoms with Crippen LogP contribution in [0.5, 0.6) is 0 Å². The summed E-state index contributed by atoms with van der Waals surface area (Å²) in [5.41, 5.74) is 3.69. The van der Waals surface area contributed by atoms with E-state index < -0.39 is 0 Å². The molecule has 0 unspecified atom stereocenters. The molecule has 0 radical (unpaired) electrons. The van der Waals surface area contributed by atoms with Gasteiger partial charge in [-0.15, -0.1) is 0 Å². The second-order valence-electron chi connectivity index (χ2n) is 5.12. The Hall–Kier alpha value is -1.35. The van der Waals surface area contributed by atoms with Gasteiger partial charge in [0.15, 0.2) is 0 Å². The Balaban J connectivity index is 0.000000416. The molecule has 1 aromatic carbocycles. The predicted molar refractivity (Wildman–Crippen MR) is 89.5 cm³/mol. The highest BCUT2D eigenvalue weighted by Crippen LogP contribution is 2.11. The zero-order valence-electron chi connectivity index (χ0n) is 14.3. The minimum absolute atomic E-state index is 0.691. The minimum Gasteiger partial charge on any atom is -0.381 e. The zero-order valence-corrected chi connectivity index (χ0v) is 14.3. The molecule has 0 saturated carbocycles. The maximum absolute atomic E-state index is 10.4. The van der Waals surface area contributed by atoms with Crippen molar-refractivity contribution in [3.05, 3.63) is 34.9 Å². The fraction of sp³-hybridized carbons (Fsp3) is 0.611. The van der Waals surface area contributed by atoms with Gasteiger partial charge in [-0.05, 0) is 44.2 Å². The topological polar surface area (TPSA) is 29.5 Å². The Morgan fingerprint density at radius 2 is 1.76 bits per heavy atom. The molecule has 0 N–H and O–H groups in total. The fourth-order valence-electron chi connectivity index (χ4n) is 1.96. The first-order valence-corrected chi connectivity index (χ1v) is 7.93. The number of carbonyl (C=O) groups excluding carboxylic acids is 1. The van der Waals surface area contributed by atoms with Crippen molar-refractivity contribution >= 4 is 6.41 Å². The van der Waals surface area contributed by atoms with Crippen molar-refractivity contribution in [2.24, 2.45) is 0 Å². The Bertz CT molecular complexity index is 375. The van der Waals surface area contributed by atoms with Gasteiger partial charge in [0.1, 0.15) is 0 Å². The highest BCUT2D eigenvalue weighted by Gasteiger charge is 2.00. The lowest BCUT2D eigenvalue weighted by Crippen LogP contribution is -2.15. The summed E-state index contributed by atoms with van der Waals surface area (Å²) in [5, 5.41) is 0. The first kappa shape index (κ1) is 19.7. The van der Waals surface area contributed by atoms with Crippen molar-refractivity contribution in [3.63, 3.8) is 0 Å². The van der Waals surface area contributed by atoms with Gasteiger partial charge in [-0.1, -0.05) is 37.6 Å². The Morgan fingerprint density at radius 3 is 2.19 bits per heavy atom. The molecule has 0 aliphatic carbocycles. The van der Waals surface area contributed by atoms with Crippen LogP contribution in [0.25, 0.3) is 0 Å². The number of hydrogen-bond donors (Lipinski definition) is 0. The molecule has 0 spiro atoms. The molecule has 1 fully saturated rings. The summed E-state index contributed by atoms with van der Waals surface area (Å²) in [6.45, 7) is 10.8. The molecule has 1 aromatic rings. The quantitative estimate of drug-likeness (QED) is 0.785. The number of ether oxygens (including phenoxy) is 1. The summed E-state index contributed by atoms with van der Waals surface area (Å²) < 4.78 is 5.07. The summed E-state index contributed by atoms with van der Waals surface area (Å²) in [6.07, 6.45) is 4.78. The third kappa shape index (κ3) is 9.24. The van der Waals surface area contributed by atoms with Gasteiger partial charge in [0.2, 0.25) is 6.41 Å². The van der Waals surface area contributed by atoms with E-state index in [2.05, 4.69) is 32.0 Å². The van der Waals surface area contributed by atoms with E-state index in [9.17, 15) is 4.79 Å². The van der Waals surface area contributed by atoms with Crippen LogP contribution >= 0.6 is 0 Å². The van der Waals surface area contributed by atoms with Gasteiger partial charge in [-0.25, -0.2) is 0 Å². The lowest BCUT2D eigenvalue weighted by Gasteiger charge is -2.13. The molecule has 120 valence electrons. The molecule has 3 nitrogen and oxygen atoms in total. The number of hydrogen-bond acceptors (Lipinski definition) is 2. The molecule has 1 aliphatic heterocycles. The molecule has 3 heteroatoms. The standard InChI is InChI=1S/C11H15NO.C5H10O.C2H6/c1-9-4-5-10(2)11(6-9)7-12(3)8-13;1-2-4-6-5-3-1;1-2/h4-6,8H,7H2,1-3H3;1-5H2;1-2H3. The maximum Gasteiger partial charge on any atom is 0.209 e.